The fourth-order valence-electron chi connectivity index (χ4n) is 2.06. The third-order valence-electron chi connectivity index (χ3n) is 3.26. The maximum absolute atomic E-state index is 12.5. The molecule has 0 aliphatic rings. The topological polar surface area (TPSA) is 33.2 Å². The van der Waals surface area contributed by atoms with Gasteiger partial charge in [0.2, 0.25) is 0 Å². The fourth-order valence-corrected chi connectivity index (χ4v) is 2.88. The summed E-state index contributed by atoms with van der Waals surface area (Å²) in [4.78, 5) is 17.1. The zero-order chi connectivity index (χ0) is 17.6. The smallest absolute Gasteiger partial charge is 0.330 e. The van der Waals surface area contributed by atoms with Crippen molar-refractivity contribution in [2.75, 3.05) is 13.1 Å². The number of amides is 1. The second-order valence-corrected chi connectivity index (χ2v) is 6.08. The van der Waals surface area contributed by atoms with Crippen molar-refractivity contribution in [2.45, 2.75) is 23.9 Å². The number of nitrogens with zero attached hydrogens (tertiary/aromatic N) is 2. The Bertz CT molecular complexity index is 660. The number of halogens is 3. The Morgan fingerprint density at radius 1 is 1.17 bits per heavy atom. The van der Waals surface area contributed by atoms with Crippen LogP contribution < -0.4 is 0 Å². The van der Waals surface area contributed by atoms with E-state index in [0.29, 0.717) is 5.75 Å². The van der Waals surface area contributed by atoms with E-state index in [2.05, 4.69) is 4.98 Å². The van der Waals surface area contributed by atoms with Gasteiger partial charge in [0.15, 0.2) is 0 Å². The van der Waals surface area contributed by atoms with Gasteiger partial charge in [-0.2, -0.15) is 13.2 Å². The molecule has 128 valence electrons. The predicted octanol–water partition coefficient (Wildman–Crippen LogP) is 4.40. The van der Waals surface area contributed by atoms with Crippen LogP contribution in [0.2, 0.25) is 0 Å². The lowest BCUT2D eigenvalue weighted by Gasteiger charge is -2.22. The van der Waals surface area contributed by atoms with E-state index in [0.717, 1.165) is 15.5 Å². The van der Waals surface area contributed by atoms with Gasteiger partial charge in [-0.1, -0.05) is 18.2 Å². The van der Waals surface area contributed by atoms with Crippen LogP contribution in [0.15, 0.2) is 53.7 Å². The maximum Gasteiger partial charge on any atom is 0.406 e. The molecule has 0 saturated carbocycles. The van der Waals surface area contributed by atoms with Crippen LogP contribution in [0, 0.1) is 0 Å². The largest absolute Gasteiger partial charge is 0.406 e. The van der Waals surface area contributed by atoms with Gasteiger partial charge in [0.25, 0.3) is 5.91 Å². The number of alkyl halides is 3. The Labute approximate surface area is 142 Å². The van der Waals surface area contributed by atoms with Crippen molar-refractivity contribution in [1.82, 2.24) is 9.88 Å². The SMILES string of the molecule is CCN(CC(F)(F)F)C(=O)c1ccc(CSc2ccccn2)cc1. The number of carbonyl (C=O) groups excluding carboxylic acids is 1. The summed E-state index contributed by atoms with van der Waals surface area (Å²) >= 11 is 1.55. The third-order valence-corrected chi connectivity index (χ3v) is 4.28. The second-order valence-electron chi connectivity index (χ2n) is 5.09. The molecule has 2 rings (SSSR count). The first-order valence-electron chi connectivity index (χ1n) is 7.38. The van der Waals surface area contributed by atoms with Gasteiger partial charge in [-0.05, 0) is 36.8 Å². The summed E-state index contributed by atoms with van der Waals surface area (Å²) in [7, 11) is 0. The molecule has 7 heteroatoms. The summed E-state index contributed by atoms with van der Waals surface area (Å²) in [5, 5.41) is 0.889. The van der Waals surface area contributed by atoms with E-state index in [1.807, 2.05) is 18.2 Å². The Balaban J connectivity index is 1.98. The number of thioether (sulfide) groups is 1. The van der Waals surface area contributed by atoms with Crippen LogP contribution >= 0.6 is 11.8 Å². The molecule has 0 N–H and O–H groups in total. The lowest BCUT2D eigenvalue weighted by atomic mass is 10.1. The van der Waals surface area contributed by atoms with E-state index in [1.54, 1.807) is 42.2 Å². The minimum Gasteiger partial charge on any atom is -0.330 e. The van der Waals surface area contributed by atoms with Gasteiger partial charge in [0.1, 0.15) is 6.54 Å². The molecule has 0 aliphatic carbocycles. The summed E-state index contributed by atoms with van der Waals surface area (Å²) in [5.41, 5.74) is 1.23. The minimum atomic E-state index is -4.40. The van der Waals surface area contributed by atoms with Gasteiger partial charge in [0.05, 0.1) is 5.03 Å². The van der Waals surface area contributed by atoms with Gasteiger partial charge < -0.3 is 4.90 Å². The predicted molar refractivity (Wildman–Crippen MR) is 87.9 cm³/mol. The van der Waals surface area contributed by atoms with Crippen LogP contribution in [0.3, 0.4) is 0 Å². The molecule has 1 aromatic carbocycles. The van der Waals surface area contributed by atoms with Crippen molar-refractivity contribution < 1.29 is 18.0 Å². The van der Waals surface area contributed by atoms with Crippen LogP contribution in [0.4, 0.5) is 13.2 Å². The average Bonchev–Trinajstić information content (AvgIpc) is 2.58. The average molecular weight is 354 g/mol. The van der Waals surface area contributed by atoms with E-state index in [-0.39, 0.29) is 12.1 Å². The van der Waals surface area contributed by atoms with Crippen molar-refractivity contribution in [3.05, 3.63) is 59.8 Å². The molecule has 24 heavy (non-hydrogen) atoms. The first-order chi connectivity index (χ1) is 11.4. The fraction of sp³-hybridized carbons (Fsp3) is 0.294. The van der Waals surface area contributed by atoms with Crippen molar-refractivity contribution in [3.8, 4) is 0 Å². The Hall–Kier alpha value is -2.02. The van der Waals surface area contributed by atoms with Crippen LogP contribution in [0.1, 0.15) is 22.8 Å². The third kappa shape index (κ3) is 5.56. The lowest BCUT2D eigenvalue weighted by molar-refractivity contribution is -0.140. The van der Waals surface area contributed by atoms with Crippen LogP contribution in [0.25, 0.3) is 0 Å². The molecule has 1 amide bonds. The van der Waals surface area contributed by atoms with Gasteiger partial charge in [-0.25, -0.2) is 4.98 Å². The molecule has 0 bridgehead atoms. The van der Waals surface area contributed by atoms with E-state index >= 15 is 0 Å². The first kappa shape index (κ1) is 18.3. The monoisotopic (exact) mass is 354 g/mol. The number of aromatic nitrogens is 1. The number of rotatable bonds is 6. The number of carbonyl (C=O) groups is 1. The summed E-state index contributed by atoms with van der Waals surface area (Å²) in [5.74, 6) is 0.0599. The molecule has 0 fully saturated rings. The van der Waals surface area contributed by atoms with Crippen LogP contribution in [-0.4, -0.2) is 35.1 Å². The molecule has 1 aromatic heterocycles. The number of hydrogen-bond acceptors (Lipinski definition) is 3. The van der Waals surface area contributed by atoms with Crippen molar-refractivity contribution in [2.24, 2.45) is 0 Å². The number of benzene rings is 1. The molecular formula is C17H17F3N2OS. The summed E-state index contributed by atoms with van der Waals surface area (Å²) in [6, 6.07) is 12.3. The van der Waals surface area contributed by atoms with Gasteiger partial charge >= 0.3 is 6.18 Å². The summed E-state index contributed by atoms with van der Waals surface area (Å²) < 4.78 is 37.5. The minimum absolute atomic E-state index is 0.00955. The Morgan fingerprint density at radius 3 is 2.42 bits per heavy atom. The number of pyridine rings is 1. The molecule has 2 aromatic rings. The number of hydrogen-bond donors (Lipinski definition) is 0. The summed E-state index contributed by atoms with van der Waals surface area (Å²) in [6.07, 6.45) is -2.69. The maximum atomic E-state index is 12.5. The zero-order valence-electron chi connectivity index (χ0n) is 13.1. The van der Waals surface area contributed by atoms with E-state index in [1.165, 1.54) is 6.92 Å². The van der Waals surface area contributed by atoms with Crippen molar-refractivity contribution in [1.29, 1.82) is 0 Å². The molecular weight excluding hydrogens is 337 g/mol. The lowest BCUT2D eigenvalue weighted by Crippen LogP contribution is -2.38. The first-order valence-corrected chi connectivity index (χ1v) is 8.36. The molecule has 0 spiro atoms. The highest BCUT2D eigenvalue weighted by Gasteiger charge is 2.32. The van der Waals surface area contributed by atoms with Crippen molar-refractivity contribution >= 4 is 17.7 Å². The van der Waals surface area contributed by atoms with Gasteiger partial charge in [-0.15, -0.1) is 11.8 Å². The van der Waals surface area contributed by atoms with Crippen LogP contribution in [0.5, 0.6) is 0 Å². The Kier molecular flexibility index (Phi) is 6.25. The normalized spacial score (nSPS) is 11.3. The standard InChI is InChI=1S/C17H17F3N2OS/c1-2-22(12-17(18,19)20)16(23)14-8-6-13(7-9-14)11-24-15-5-3-4-10-21-15/h3-10H,2,11-12H2,1H3. The highest BCUT2D eigenvalue weighted by Crippen LogP contribution is 2.21. The van der Waals surface area contributed by atoms with Crippen molar-refractivity contribution in [3.63, 3.8) is 0 Å². The van der Waals surface area contributed by atoms with Gasteiger partial charge in [0, 0.05) is 24.1 Å². The van der Waals surface area contributed by atoms with E-state index in [9.17, 15) is 18.0 Å². The molecule has 0 aliphatic heterocycles. The highest BCUT2D eigenvalue weighted by atomic mass is 32.2. The van der Waals surface area contributed by atoms with Gasteiger partial charge in [-0.3, -0.25) is 4.79 Å². The molecule has 0 unspecified atom stereocenters. The van der Waals surface area contributed by atoms with Crippen LogP contribution in [-0.2, 0) is 5.75 Å². The zero-order valence-corrected chi connectivity index (χ0v) is 13.9. The molecule has 0 saturated heterocycles. The Morgan fingerprint density at radius 2 is 1.88 bits per heavy atom. The molecule has 0 radical (unpaired) electrons. The summed E-state index contributed by atoms with van der Waals surface area (Å²) in [6.45, 7) is 0.302. The molecule has 0 atom stereocenters. The quantitative estimate of drug-likeness (QED) is 0.721. The second kappa shape index (κ2) is 8.19. The van der Waals surface area contributed by atoms with E-state index in [4.69, 9.17) is 0 Å². The van der Waals surface area contributed by atoms with E-state index < -0.39 is 18.6 Å². The molecule has 1 heterocycles. The molecule has 3 nitrogen and oxygen atoms in total. The highest BCUT2D eigenvalue weighted by molar-refractivity contribution is 7.98.